The molecule has 5 nitrogen and oxygen atoms in total. The Morgan fingerprint density at radius 3 is 2.39 bits per heavy atom. The summed E-state index contributed by atoms with van der Waals surface area (Å²) in [6.07, 6.45) is 8.21. The van der Waals surface area contributed by atoms with Gasteiger partial charge in [-0.05, 0) is 42.7 Å². The number of carbonyl (C=O) groups is 1. The molecular formula is C23H29N3O2. The fourth-order valence-corrected chi connectivity index (χ4v) is 3.20. The van der Waals surface area contributed by atoms with Gasteiger partial charge in [-0.25, -0.2) is 0 Å². The number of esters is 1. The van der Waals surface area contributed by atoms with Crippen LogP contribution in [0.2, 0.25) is 0 Å². The summed E-state index contributed by atoms with van der Waals surface area (Å²) in [7, 11) is 0. The molecule has 148 valence electrons. The van der Waals surface area contributed by atoms with Gasteiger partial charge < -0.3 is 4.74 Å². The van der Waals surface area contributed by atoms with Crippen LogP contribution in [0.15, 0.2) is 48.5 Å². The Bertz CT molecular complexity index is 855. The van der Waals surface area contributed by atoms with E-state index in [0.29, 0.717) is 19.4 Å². The van der Waals surface area contributed by atoms with Crippen molar-refractivity contribution in [2.45, 2.75) is 58.3 Å². The van der Waals surface area contributed by atoms with Crippen molar-refractivity contribution in [1.29, 1.82) is 0 Å². The summed E-state index contributed by atoms with van der Waals surface area (Å²) in [5.74, 6) is -0.123. The molecule has 0 aliphatic carbocycles. The van der Waals surface area contributed by atoms with E-state index in [4.69, 9.17) is 4.74 Å². The van der Waals surface area contributed by atoms with E-state index in [-0.39, 0.29) is 5.97 Å². The highest BCUT2D eigenvalue weighted by molar-refractivity contribution is 5.73. The Kier molecular flexibility index (Phi) is 7.59. The molecule has 0 atom stereocenters. The quantitative estimate of drug-likeness (QED) is 0.337. The first-order valence-corrected chi connectivity index (χ1v) is 10.3. The van der Waals surface area contributed by atoms with E-state index >= 15 is 0 Å². The largest absolute Gasteiger partial charge is 0.466 e. The van der Waals surface area contributed by atoms with E-state index in [1.54, 1.807) is 4.80 Å². The topological polar surface area (TPSA) is 57.0 Å². The van der Waals surface area contributed by atoms with Gasteiger partial charge in [0.25, 0.3) is 0 Å². The van der Waals surface area contributed by atoms with Crippen molar-refractivity contribution in [2.75, 3.05) is 6.61 Å². The summed E-state index contributed by atoms with van der Waals surface area (Å²) in [6.45, 7) is 2.75. The molecular weight excluding hydrogens is 350 g/mol. The fraction of sp³-hybridized carbons (Fsp3) is 0.435. The van der Waals surface area contributed by atoms with Crippen LogP contribution in [0, 0.1) is 0 Å². The van der Waals surface area contributed by atoms with Crippen molar-refractivity contribution in [3.8, 4) is 5.69 Å². The summed E-state index contributed by atoms with van der Waals surface area (Å²) >= 11 is 0. The number of carbonyl (C=O) groups excluding carboxylic acids is 1. The molecule has 3 aromatic rings. The van der Waals surface area contributed by atoms with Crippen LogP contribution in [-0.4, -0.2) is 27.6 Å². The van der Waals surface area contributed by atoms with Crippen LogP contribution >= 0.6 is 0 Å². The lowest BCUT2D eigenvalue weighted by atomic mass is 10.1. The zero-order valence-corrected chi connectivity index (χ0v) is 16.6. The van der Waals surface area contributed by atoms with Gasteiger partial charge in [0, 0.05) is 6.42 Å². The van der Waals surface area contributed by atoms with E-state index < -0.39 is 0 Å². The number of rotatable bonds is 11. The molecule has 5 heteroatoms. The van der Waals surface area contributed by atoms with Gasteiger partial charge in [-0.3, -0.25) is 4.79 Å². The maximum Gasteiger partial charge on any atom is 0.306 e. The van der Waals surface area contributed by atoms with Gasteiger partial charge in [0.2, 0.25) is 0 Å². The van der Waals surface area contributed by atoms with Crippen LogP contribution < -0.4 is 0 Å². The number of unbranched alkanes of at least 4 members (excludes halogenated alkanes) is 5. The van der Waals surface area contributed by atoms with Crippen molar-refractivity contribution in [3.63, 3.8) is 0 Å². The predicted octanol–water partition coefficient (Wildman–Crippen LogP) is 5.26. The zero-order chi connectivity index (χ0) is 19.6. The first kappa shape index (κ1) is 20.1. The van der Waals surface area contributed by atoms with Crippen molar-refractivity contribution in [3.05, 3.63) is 54.1 Å². The average molecular weight is 380 g/mol. The maximum atomic E-state index is 12.0. The monoisotopic (exact) mass is 379 g/mol. The summed E-state index contributed by atoms with van der Waals surface area (Å²) in [4.78, 5) is 13.6. The van der Waals surface area contributed by atoms with Gasteiger partial charge in [-0.2, -0.15) is 4.80 Å². The molecule has 0 radical (unpaired) electrons. The number of aromatic nitrogens is 3. The summed E-state index contributed by atoms with van der Waals surface area (Å²) in [5.41, 5.74) is 3.71. The third-order valence-electron chi connectivity index (χ3n) is 4.81. The van der Waals surface area contributed by atoms with Crippen LogP contribution in [0.25, 0.3) is 16.7 Å². The minimum absolute atomic E-state index is 0.123. The smallest absolute Gasteiger partial charge is 0.306 e. The molecule has 0 fully saturated rings. The highest BCUT2D eigenvalue weighted by Gasteiger charge is 2.07. The molecule has 1 aromatic heterocycles. The molecule has 0 aliphatic rings. The number of nitrogens with zero attached hydrogens (tertiary/aromatic N) is 3. The van der Waals surface area contributed by atoms with E-state index in [1.807, 2.05) is 48.5 Å². The number of aryl methyl sites for hydroxylation is 1. The molecule has 0 amide bonds. The summed E-state index contributed by atoms with van der Waals surface area (Å²) in [5, 5.41) is 9.02. The van der Waals surface area contributed by atoms with E-state index in [0.717, 1.165) is 35.1 Å². The lowest BCUT2D eigenvalue weighted by molar-refractivity contribution is -0.143. The highest BCUT2D eigenvalue weighted by atomic mass is 16.5. The van der Waals surface area contributed by atoms with E-state index in [2.05, 4.69) is 17.1 Å². The highest BCUT2D eigenvalue weighted by Crippen LogP contribution is 2.14. The third-order valence-corrected chi connectivity index (χ3v) is 4.81. The van der Waals surface area contributed by atoms with E-state index in [1.165, 1.54) is 25.7 Å². The van der Waals surface area contributed by atoms with Gasteiger partial charge in [-0.15, -0.1) is 10.2 Å². The number of hydrogen-bond acceptors (Lipinski definition) is 4. The third kappa shape index (κ3) is 5.91. The Morgan fingerprint density at radius 2 is 1.64 bits per heavy atom. The van der Waals surface area contributed by atoms with E-state index in [9.17, 15) is 4.79 Å². The average Bonchev–Trinajstić information content (AvgIpc) is 3.16. The second-order valence-electron chi connectivity index (χ2n) is 7.14. The number of ether oxygens (including phenoxy) is 1. The Hall–Kier alpha value is -2.69. The normalized spacial score (nSPS) is 11.0. The summed E-state index contributed by atoms with van der Waals surface area (Å²) < 4.78 is 5.36. The van der Waals surface area contributed by atoms with Gasteiger partial charge >= 0.3 is 5.97 Å². The molecule has 2 aromatic carbocycles. The van der Waals surface area contributed by atoms with Crippen molar-refractivity contribution >= 4 is 17.0 Å². The minimum Gasteiger partial charge on any atom is -0.466 e. The van der Waals surface area contributed by atoms with Crippen LogP contribution in [0.5, 0.6) is 0 Å². The van der Waals surface area contributed by atoms with Crippen molar-refractivity contribution < 1.29 is 9.53 Å². The van der Waals surface area contributed by atoms with Crippen LogP contribution in [0.3, 0.4) is 0 Å². The Morgan fingerprint density at radius 1 is 0.929 bits per heavy atom. The molecule has 0 aliphatic heterocycles. The Balaban J connectivity index is 1.45. The number of hydrogen-bond donors (Lipinski definition) is 0. The van der Waals surface area contributed by atoms with Crippen LogP contribution in [0.1, 0.15) is 57.4 Å². The number of benzene rings is 2. The van der Waals surface area contributed by atoms with Gasteiger partial charge in [0.05, 0.1) is 12.3 Å². The molecule has 0 saturated carbocycles. The second-order valence-corrected chi connectivity index (χ2v) is 7.14. The molecule has 0 saturated heterocycles. The standard InChI is InChI=1S/C23H29N3O2/c1-2-3-4-5-6-9-17-28-23(27)16-15-19-11-10-12-20(18-19)26-24-21-13-7-8-14-22(21)25-26/h7-8,10-14,18H,2-6,9,15-17H2,1H3. The summed E-state index contributed by atoms with van der Waals surface area (Å²) in [6, 6.07) is 15.8. The molecule has 3 rings (SSSR count). The van der Waals surface area contributed by atoms with Crippen molar-refractivity contribution in [2.24, 2.45) is 0 Å². The van der Waals surface area contributed by atoms with Crippen molar-refractivity contribution in [1.82, 2.24) is 15.0 Å². The molecule has 0 spiro atoms. The Labute approximate surface area is 166 Å². The van der Waals surface area contributed by atoms with Crippen LogP contribution in [0.4, 0.5) is 0 Å². The van der Waals surface area contributed by atoms with Crippen LogP contribution in [-0.2, 0) is 16.0 Å². The lowest BCUT2D eigenvalue weighted by Gasteiger charge is -2.06. The minimum atomic E-state index is -0.123. The number of fused-ring (bicyclic) bond motifs is 1. The lowest BCUT2D eigenvalue weighted by Crippen LogP contribution is -2.07. The maximum absolute atomic E-state index is 12.0. The second kappa shape index (κ2) is 10.6. The van der Waals surface area contributed by atoms with Gasteiger partial charge in [0.1, 0.15) is 11.0 Å². The zero-order valence-electron chi connectivity index (χ0n) is 16.6. The fourth-order valence-electron chi connectivity index (χ4n) is 3.20. The predicted molar refractivity (Wildman–Crippen MR) is 112 cm³/mol. The molecule has 0 bridgehead atoms. The van der Waals surface area contributed by atoms with Gasteiger partial charge in [0.15, 0.2) is 0 Å². The molecule has 0 unspecified atom stereocenters. The first-order valence-electron chi connectivity index (χ1n) is 10.3. The SMILES string of the molecule is CCCCCCCCOC(=O)CCc1cccc(-n2nc3ccccc3n2)c1. The molecule has 0 N–H and O–H groups in total. The molecule has 1 heterocycles. The molecule has 28 heavy (non-hydrogen) atoms. The first-order chi connectivity index (χ1) is 13.8. The van der Waals surface area contributed by atoms with Gasteiger partial charge in [-0.1, -0.05) is 63.3 Å².